The van der Waals surface area contributed by atoms with E-state index in [1.54, 1.807) is 0 Å². The molecule has 0 radical (unpaired) electrons. The van der Waals surface area contributed by atoms with E-state index < -0.39 is 48.0 Å². The van der Waals surface area contributed by atoms with Gasteiger partial charge in [-0.15, -0.1) is 0 Å². The van der Waals surface area contributed by atoms with Crippen molar-refractivity contribution in [2.45, 2.75) is 89.9 Å². The molecule has 2 aliphatic rings. The van der Waals surface area contributed by atoms with E-state index in [1.165, 1.54) is 29.8 Å². The molecular formula is C55H60N3NaO11S2. The van der Waals surface area contributed by atoms with Gasteiger partial charge in [-0.05, 0) is 122 Å². The van der Waals surface area contributed by atoms with Crippen LogP contribution >= 0.6 is 0 Å². The van der Waals surface area contributed by atoms with Gasteiger partial charge in [0.15, 0.2) is 5.71 Å². The minimum atomic E-state index is -4.35. The van der Waals surface area contributed by atoms with Gasteiger partial charge in [-0.3, -0.25) is 14.9 Å². The molecule has 0 bridgehead atoms. The zero-order chi connectivity index (χ0) is 51.0. The maximum atomic E-state index is 12.3. The van der Waals surface area contributed by atoms with E-state index in [1.807, 2.05) is 54.6 Å². The molecule has 7 rings (SSSR count). The number of allylic oxidation sites excluding steroid dienone is 8. The average Bonchev–Trinajstić information content (AvgIpc) is 3.67. The molecule has 72 heavy (non-hydrogen) atoms. The van der Waals surface area contributed by atoms with Crippen LogP contribution in [-0.4, -0.2) is 78.3 Å². The summed E-state index contributed by atoms with van der Waals surface area (Å²) < 4.78 is 82.3. The van der Waals surface area contributed by atoms with Crippen molar-refractivity contribution >= 4 is 70.5 Å². The van der Waals surface area contributed by atoms with Crippen LogP contribution in [0.3, 0.4) is 0 Å². The zero-order valence-corrected chi connectivity index (χ0v) is 45.2. The minimum Gasteiger partial charge on any atom is -0.748 e. The standard InChI is InChI=1S/C55H61N3O11S2.Na/c1-54(2)49(56(34-14-17-37-70(62,63)64)47-32-25-40-19-12-13-20-45(40)52(47)54)21-9-6-5-7-10-22-50-55(3,4)53-46-39-44(29-24-41(46)26-33-48(53)57(50)35-15-18-38-71(65,66)67)68-36-16-8-11-23-51(59)69-43-30-27-42(28-31-43)58(60)61;/h5-7,9-10,12-13,19-22,24-33,39H,8,11,14-18,23,34-38H2,1-4H3,(H-,62,63,64,65,66,67);/q;+1/p-1. The molecule has 374 valence electrons. The van der Waals surface area contributed by atoms with E-state index in [4.69, 9.17) is 9.47 Å². The number of carbonyl (C=O) groups is 1. The second-order valence-electron chi connectivity index (χ2n) is 19.0. The number of carbonyl (C=O) groups excluding carboxylic acids is 1. The zero-order valence-electron chi connectivity index (χ0n) is 41.5. The molecule has 0 saturated carbocycles. The number of nitrogens with zero attached hydrogens (tertiary/aromatic N) is 3. The van der Waals surface area contributed by atoms with Crippen LogP contribution in [0.2, 0.25) is 0 Å². The molecule has 0 fully saturated rings. The molecule has 0 saturated heterocycles. The monoisotopic (exact) mass is 1030 g/mol. The molecule has 0 N–H and O–H groups in total. The molecule has 14 nitrogen and oxygen atoms in total. The van der Waals surface area contributed by atoms with E-state index in [9.17, 15) is 40.8 Å². The third kappa shape index (κ3) is 13.8. The summed E-state index contributed by atoms with van der Waals surface area (Å²) in [5.74, 6) is -0.272. The van der Waals surface area contributed by atoms with Crippen LogP contribution in [-0.2, 0) is 35.9 Å². The fourth-order valence-electron chi connectivity index (χ4n) is 9.81. The fraction of sp³-hybridized carbons (Fsp3) is 0.345. The number of rotatable bonds is 23. The van der Waals surface area contributed by atoms with Crippen molar-refractivity contribution < 1.29 is 79.3 Å². The van der Waals surface area contributed by atoms with Crippen molar-refractivity contribution in [3.8, 4) is 11.5 Å². The number of unbranched alkanes of at least 4 members (excludes halogenated alkanes) is 4. The van der Waals surface area contributed by atoms with Gasteiger partial charge in [0.25, 0.3) is 5.69 Å². The van der Waals surface area contributed by atoms with Crippen molar-refractivity contribution in [2.75, 3.05) is 36.1 Å². The number of non-ortho nitro benzene ring substituents is 1. The first kappa shape index (κ1) is 55.8. The van der Waals surface area contributed by atoms with Crippen molar-refractivity contribution in [2.24, 2.45) is 0 Å². The molecule has 0 aromatic heterocycles. The number of hydrogen-bond acceptors (Lipinski definition) is 12. The van der Waals surface area contributed by atoms with Gasteiger partial charge in [0, 0.05) is 77.5 Å². The number of nitro groups is 1. The van der Waals surface area contributed by atoms with Gasteiger partial charge in [-0.2, -0.15) is 4.58 Å². The maximum absolute atomic E-state index is 12.3. The van der Waals surface area contributed by atoms with E-state index in [-0.39, 0.29) is 65.7 Å². The van der Waals surface area contributed by atoms with Gasteiger partial charge in [-0.1, -0.05) is 80.6 Å². The molecule has 0 aliphatic carbocycles. The summed E-state index contributed by atoms with van der Waals surface area (Å²) in [6.45, 7) is 10.2. The Morgan fingerprint density at radius 3 is 2.06 bits per heavy atom. The predicted molar refractivity (Wildman–Crippen MR) is 277 cm³/mol. The molecule has 0 atom stereocenters. The minimum absolute atomic E-state index is 0. The van der Waals surface area contributed by atoms with Crippen molar-refractivity contribution in [3.63, 3.8) is 0 Å². The Labute approximate surface area is 444 Å². The molecule has 0 unspecified atom stereocenters. The number of fused-ring (bicyclic) bond motifs is 6. The third-order valence-electron chi connectivity index (χ3n) is 13.1. The topological polar surface area (TPSA) is 199 Å². The van der Waals surface area contributed by atoms with Crippen molar-refractivity contribution in [1.29, 1.82) is 0 Å². The first-order valence-electron chi connectivity index (χ1n) is 23.9. The Hall–Kier alpha value is -5.46. The maximum Gasteiger partial charge on any atom is 1.00 e. The molecule has 2 heterocycles. The van der Waals surface area contributed by atoms with Crippen molar-refractivity contribution in [1.82, 2.24) is 0 Å². The van der Waals surface area contributed by atoms with E-state index in [0.717, 1.165) is 56.3 Å². The number of hydrogen-bond donors (Lipinski definition) is 0. The van der Waals surface area contributed by atoms with Gasteiger partial charge in [0.2, 0.25) is 5.69 Å². The smallest absolute Gasteiger partial charge is 0.748 e. The fourth-order valence-corrected chi connectivity index (χ4v) is 10.9. The van der Waals surface area contributed by atoms with Crippen LogP contribution in [0, 0.1) is 10.1 Å². The molecule has 2 aliphatic heterocycles. The van der Waals surface area contributed by atoms with Crippen LogP contribution in [0.25, 0.3) is 21.5 Å². The van der Waals surface area contributed by atoms with Gasteiger partial charge in [-0.25, -0.2) is 16.8 Å². The number of esters is 1. The third-order valence-corrected chi connectivity index (χ3v) is 14.7. The van der Waals surface area contributed by atoms with E-state index in [2.05, 4.69) is 91.8 Å². The number of benzene rings is 5. The number of anilines is 1. The Balaban J connectivity index is 0.00000847. The van der Waals surface area contributed by atoms with Gasteiger partial charge >= 0.3 is 35.5 Å². The predicted octanol–water partition coefficient (Wildman–Crippen LogP) is 7.83. The Bertz CT molecular complexity index is 3200. The summed E-state index contributed by atoms with van der Waals surface area (Å²) in [7, 11) is -8.65. The Kier molecular flexibility index (Phi) is 18.7. The second kappa shape index (κ2) is 24.1. The normalized spacial score (nSPS) is 15.8. The Morgan fingerprint density at radius 2 is 1.33 bits per heavy atom. The van der Waals surface area contributed by atoms with E-state index in [0.29, 0.717) is 51.1 Å². The van der Waals surface area contributed by atoms with Crippen LogP contribution in [0.5, 0.6) is 11.5 Å². The number of ether oxygens (including phenoxy) is 2. The van der Waals surface area contributed by atoms with Crippen LogP contribution in [0.1, 0.15) is 90.2 Å². The molecule has 5 aromatic carbocycles. The summed E-state index contributed by atoms with van der Waals surface area (Å²) >= 11 is 0. The Morgan fingerprint density at radius 1 is 0.694 bits per heavy atom. The SMILES string of the molecule is CC1(C)C(/C=C/C=C/C=C/C=C2/N(CCCCS(=O)(=O)[O-])c3ccc4ccccc4c3C2(C)C)=[N+](CCCCS(=O)(=O)[O-])c2ccc3ccc(OCCCCCC(=O)Oc4ccc([N+](=O)[O-])cc4)cc3c21.[Na+]. The summed E-state index contributed by atoms with van der Waals surface area (Å²) in [6.07, 6.45) is 17.8. The van der Waals surface area contributed by atoms with Crippen molar-refractivity contribution in [3.05, 3.63) is 160 Å². The summed E-state index contributed by atoms with van der Waals surface area (Å²) in [5, 5.41) is 15.2. The first-order valence-corrected chi connectivity index (χ1v) is 27.1. The van der Waals surface area contributed by atoms with E-state index >= 15 is 0 Å². The summed E-state index contributed by atoms with van der Waals surface area (Å²) in [4.78, 5) is 25.0. The molecule has 0 spiro atoms. The van der Waals surface area contributed by atoms with Crippen LogP contribution < -0.4 is 43.9 Å². The van der Waals surface area contributed by atoms with Crippen LogP contribution in [0.4, 0.5) is 17.1 Å². The molecule has 5 aromatic rings. The van der Waals surface area contributed by atoms with Gasteiger partial charge in [0.05, 0.1) is 37.2 Å². The first-order chi connectivity index (χ1) is 33.7. The average molecular weight is 1030 g/mol. The van der Waals surface area contributed by atoms with Crippen LogP contribution in [0.15, 0.2) is 139 Å². The largest absolute Gasteiger partial charge is 1.00 e. The molecular weight excluding hydrogens is 966 g/mol. The number of nitro benzene ring substituents is 1. The van der Waals surface area contributed by atoms with Gasteiger partial charge < -0.3 is 23.5 Å². The molecule has 17 heteroatoms. The summed E-state index contributed by atoms with van der Waals surface area (Å²) in [5.41, 5.74) is 5.51. The summed E-state index contributed by atoms with van der Waals surface area (Å²) in [6, 6.07) is 28.1. The van der Waals surface area contributed by atoms with Gasteiger partial charge in [0.1, 0.15) is 18.0 Å². The second-order valence-corrected chi connectivity index (χ2v) is 22.0. The molecule has 0 amide bonds. The quantitative estimate of drug-likeness (QED) is 0.00708.